The minimum absolute atomic E-state index is 0.258. The van der Waals surface area contributed by atoms with E-state index >= 15 is 0 Å². The first kappa shape index (κ1) is 9.51. The highest BCUT2D eigenvalue weighted by molar-refractivity contribution is 5.92. The molecule has 15 heavy (non-hydrogen) atoms. The van der Waals surface area contributed by atoms with E-state index in [1.54, 1.807) is 0 Å². The summed E-state index contributed by atoms with van der Waals surface area (Å²) in [7, 11) is 1.83. The van der Waals surface area contributed by atoms with Crippen LogP contribution in [-0.4, -0.2) is 17.0 Å². The molecule has 0 saturated carbocycles. The molecular weight excluding hydrogens is 192 g/mol. The normalized spacial score (nSPS) is 10.5. The van der Waals surface area contributed by atoms with Crippen molar-refractivity contribution in [2.45, 2.75) is 6.92 Å². The molecule has 1 heterocycles. The Balaban J connectivity index is 2.91. The molecule has 5 heteroatoms. The number of nitrogen functional groups attached to an aromatic ring is 1. The van der Waals surface area contributed by atoms with Crippen molar-refractivity contribution >= 4 is 22.4 Å². The van der Waals surface area contributed by atoms with Gasteiger partial charge >= 0.3 is 5.69 Å². The molecule has 0 atom stereocenters. The Bertz CT molecular complexity index is 573. The van der Waals surface area contributed by atoms with Gasteiger partial charge in [0, 0.05) is 18.1 Å². The van der Waals surface area contributed by atoms with E-state index in [0.29, 0.717) is 0 Å². The third kappa shape index (κ3) is 1.52. The number of nitrogens with zero attached hydrogens (tertiary/aromatic N) is 1. The summed E-state index contributed by atoms with van der Waals surface area (Å²) >= 11 is 0. The Morgan fingerprint density at radius 2 is 2.20 bits per heavy atom. The van der Waals surface area contributed by atoms with Crippen molar-refractivity contribution in [2.24, 2.45) is 0 Å². The molecule has 0 radical (unpaired) electrons. The fraction of sp³-hybridized carbons (Fsp3) is 0.200. The van der Waals surface area contributed by atoms with Crippen LogP contribution in [0.3, 0.4) is 0 Å². The molecule has 0 aliphatic heterocycles. The van der Waals surface area contributed by atoms with E-state index in [2.05, 4.69) is 15.3 Å². The van der Waals surface area contributed by atoms with Gasteiger partial charge in [-0.2, -0.15) is 4.98 Å². The number of aromatic nitrogens is 2. The molecule has 0 fully saturated rings. The predicted molar refractivity (Wildman–Crippen MR) is 61.1 cm³/mol. The number of aryl methyl sites for hydroxylation is 1. The van der Waals surface area contributed by atoms with Crippen molar-refractivity contribution in [2.75, 3.05) is 18.1 Å². The second kappa shape index (κ2) is 3.27. The van der Waals surface area contributed by atoms with E-state index in [-0.39, 0.29) is 5.82 Å². The number of H-pyrrole nitrogens is 1. The molecule has 1 aromatic heterocycles. The van der Waals surface area contributed by atoms with Gasteiger partial charge in [0.1, 0.15) is 5.82 Å². The van der Waals surface area contributed by atoms with Gasteiger partial charge in [-0.25, -0.2) is 4.79 Å². The number of hydrogen-bond acceptors (Lipinski definition) is 4. The van der Waals surface area contributed by atoms with Crippen molar-refractivity contribution in [1.82, 2.24) is 9.97 Å². The molecule has 2 aromatic rings. The zero-order valence-corrected chi connectivity index (χ0v) is 8.59. The first-order valence-corrected chi connectivity index (χ1v) is 4.59. The molecule has 0 aliphatic rings. The molecule has 0 amide bonds. The minimum Gasteiger partial charge on any atom is -0.388 e. The van der Waals surface area contributed by atoms with Crippen molar-refractivity contribution in [3.8, 4) is 0 Å². The van der Waals surface area contributed by atoms with Crippen LogP contribution >= 0.6 is 0 Å². The van der Waals surface area contributed by atoms with E-state index in [9.17, 15) is 4.79 Å². The van der Waals surface area contributed by atoms with Crippen LogP contribution in [0.1, 0.15) is 5.56 Å². The number of anilines is 2. The zero-order chi connectivity index (χ0) is 11.0. The van der Waals surface area contributed by atoms with Crippen molar-refractivity contribution in [1.29, 1.82) is 0 Å². The fourth-order valence-corrected chi connectivity index (χ4v) is 1.60. The van der Waals surface area contributed by atoms with Crippen LogP contribution < -0.4 is 16.7 Å². The van der Waals surface area contributed by atoms with Gasteiger partial charge in [0.05, 0.1) is 5.52 Å². The Hall–Kier alpha value is -2.04. The maximum atomic E-state index is 11.1. The third-order valence-electron chi connectivity index (χ3n) is 2.35. The van der Waals surface area contributed by atoms with Gasteiger partial charge in [-0.1, -0.05) is 0 Å². The highest BCUT2D eigenvalue weighted by Crippen LogP contribution is 2.23. The highest BCUT2D eigenvalue weighted by atomic mass is 16.1. The van der Waals surface area contributed by atoms with Crippen LogP contribution in [0.4, 0.5) is 11.5 Å². The van der Waals surface area contributed by atoms with Crippen molar-refractivity contribution in [3.05, 3.63) is 28.2 Å². The van der Waals surface area contributed by atoms with E-state index in [0.717, 1.165) is 22.2 Å². The minimum atomic E-state index is -0.416. The number of nitrogens with two attached hydrogens (primary N) is 1. The molecule has 1 aromatic carbocycles. The molecular formula is C10H12N4O. The first-order chi connectivity index (χ1) is 7.11. The van der Waals surface area contributed by atoms with Gasteiger partial charge in [-0.15, -0.1) is 0 Å². The van der Waals surface area contributed by atoms with Gasteiger partial charge in [0.15, 0.2) is 0 Å². The summed E-state index contributed by atoms with van der Waals surface area (Å²) in [6.07, 6.45) is 0. The monoisotopic (exact) mass is 204 g/mol. The topological polar surface area (TPSA) is 83.8 Å². The molecule has 0 bridgehead atoms. The van der Waals surface area contributed by atoms with Gasteiger partial charge in [0.25, 0.3) is 0 Å². The Morgan fingerprint density at radius 1 is 1.47 bits per heavy atom. The average Bonchev–Trinajstić information content (AvgIpc) is 2.19. The number of fused-ring (bicyclic) bond motifs is 1. The summed E-state index contributed by atoms with van der Waals surface area (Å²) in [6.45, 7) is 1.92. The summed E-state index contributed by atoms with van der Waals surface area (Å²) in [6, 6.07) is 3.80. The number of aromatic amines is 1. The summed E-state index contributed by atoms with van der Waals surface area (Å²) in [4.78, 5) is 17.5. The number of benzene rings is 1. The van der Waals surface area contributed by atoms with E-state index in [1.165, 1.54) is 0 Å². The molecule has 5 nitrogen and oxygen atoms in total. The highest BCUT2D eigenvalue weighted by Gasteiger charge is 2.05. The Morgan fingerprint density at radius 3 is 2.87 bits per heavy atom. The summed E-state index contributed by atoms with van der Waals surface area (Å²) in [5.41, 5.74) is 7.92. The molecule has 0 aliphatic carbocycles. The van der Waals surface area contributed by atoms with Gasteiger partial charge < -0.3 is 16.0 Å². The lowest BCUT2D eigenvalue weighted by Crippen LogP contribution is -2.13. The maximum Gasteiger partial charge on any atom is 0.347 e. The molecule has 0 unspecified atom stereocenters. The summed E-state index contributed by atoms with van der Waals surface area (Å²) in [5, 5.41) is 3.79. The lowest BCUT2D eigenvalue weighted by atomic mass is 10.1. The molecule has 78 valence electrons. The van der Waals surface area contributed by atoms with Crippen molar-refractivity contribution in [3.63, 3.8) is 0 Å². The van der Waals surface area contributed by atoms with Crippen LogP contribution in [0.5, 0.6) is 0 Å². The quantitative estimate of drug-likeness (QED) is 0.643. The molecule has 0 spiro atoms. The SMILES string of the molecule is CNc1cc(C)c2[nH]c(=O)nc(N)c2c1. The largest absolute Gasteiger partial charge is 0.388 e. The Kier molecular flexibility index (Phi) is 2.07. The van der Waals surface area contributed by atoms with E-state index < -0.39 is 5.69 Å². The zero-order valence-electron chi connectivity index (χ0n) is 8.59. The summed E-state index contributed by atoms with van der Waals surface area (Å²) < 4.78 is 0. The number of hydrogen-bond donors (Lipinski definition) is 3. The average molecular weight is 204 g/mol. The smallest absolute Gasteiger partial charge is 0.347 e. The predicted octanol–water partition coefficient (Wildman–Crippen LogP) is 0.855. The first-order valence-electron chi connectivity index (χ1n) is 4.59. The van der Waals surface area contributed by atoms with Crippen LogP contribution in [0.2, 0.25) is 0 Å². The second-order valence-electron chi connectivity index (χ2n) is 3.39. The number of rotatable bonds is 1. The van der Waals surface area contributed by atoms with Gasteiger partial charge in [-0.3, -0.25) is 0 Å². The Labute approximate surface area is 86.3 Å². The molecule has 0 saturated heterocycles. The van der Waals surface area contributed by atoms with Crippen molar-refractivity contribution < 1.29 is 0 Å². The van der Waals surface area contributed by atoms with Crippen LogP contribution in [0, 0.1) is 6.92 Å². The van der Waals surface area contributed by atoms with Crippen LogP contribution in [-0.2, 0) is 0 Å². The van der Waals surface area contributed by atoms with Gasteiger partial charge in [-0.05, 0) is 24.6 Å². The third-order valence-corrected chi connectivity index (χ3v) is 2.35. The number of nitrogens with one attached hydrogen (secondary N) is 2. The lowest BCUT2D eigenvalue weighted by Gasteiger charge is -2.07. The lowest BCUT2D eigenvalue weighted by molar-refractivity contribution is 1.12. The molecule has 4 N–H and O–H groups in total. The van der Waals surface area contributed by atoms with E-state index in [1.807, 2.05) is 26.1 Å². The van der Waals surface area contributed by atoms with Gasteiger partial charge in [0.2, 0.25) is 0 Å². The molecule has 2 rings (SSSR count). The van der Waals surface area contributed by atoms with Crippen LogP contribution in [0.15, 0.2) is 16.9 Å². The van der Waals surface area contributed by atoms with E-state index in [4.69, 9.17) is 5.73 Å². The fourth-order valence-electron chi connectivity index (χ4n) is 1.60. The maximum absolute atomic E-state index is 11.1. The summed E-state index contributed by atoms with van der Waals surface area (Å²) in [5.74, 6) is 0.258. The standard InChI is InChI=1S/C10H12N4O/c1-5-3-6(12-2)4-7-8(5)13-10(15)14-9(7)11/h3-4,12H,1-2H3,(H3,11,13,14,15). The van der Waals surface area contributed by atoms with Crippen LogP contribution in [0.25, 0.3) is 10.9 Å². The second-order valence-corrected chi connectivity index (χ2v) is 3.39.